The number of hydrogen-bond donors (Lipinski definition) is 1. The second-order valence-electron chi connectivity index (χ2n) is 4.65. The number of hydrogen-bond acceptors (Lipinski definition) is 3. The van der Waals surface area contributed by atoms with Crippen molar-refractivity contribution < 1.29 is 9.47 Å². The fraction of sp³-hybridized carbons (Fsp3) is 0.600. The van der Waals surface area contributed by atoms with Gasteiger partial charge in [0, 0.05) is 19.1 Å². The third-order valence-corrected chi connectivity index (χ3v) is 3.37. The summed E-state index contributed by atoms with van der Waals surface area (Å²) in [4.78, 5) is 0. The van der Waals surface area contributed by atoms with E-state index < -0.39 is 0 Å². The SMILES string of the molecule is CCNCC1CCOC1c1cccc(OCC)c1. The first-order chi connectivity index (χ1) is 8.85. The molecule has 0 amide bonds. The molecule has 2 rings (SSSR count). The van der Waals surface area contributed by atoms with Crippen LogP contribution in [0.2, 0.25) is 0 Å². The zero-order valence-corrected chi connectivity index (χ0v) is 11.3. The molecule has 2 unspecified atom stereocenters. The van der Waals surface area contributed by atoms with Gasteiger partial charge in [-0.05, 0) is 37.6 Å². The number of benzene rings is 1. The summed E-state index contributed by atoms with van der Waals surface area (Å²) >= 11 is 0. The van der Waals surface area contributed by atoms with E-state index in [-0.39, 0.29) is 6.10 Å². The molecule has 3 nitrogen and oxygen atoms in total. The van der Waals surface area contributed by atoms with Crippen LogP contribution in [0.25, 0.3) is 0 Å². The zero-order valence-electron chi connectivity index (χ0n) is 11.3. The summed E-state index contributed by atoms with van der Waals surface area (Å²) in [6.45, 7) is 7.75. The van der Waals surface area contributed by atoms with Crippen LogP contribution in [0.4, 0.5) is 0 Å². The minimum atomic E-state index is 0.212. The maximum Gasteiger partial charge on any atom is 0.119 e. The zero-order chi connectivity index (χ0) is 12.8. The molecule has 1 aliphatic rings. The van der Waals surface area contributed by atoms with Crippen molar-refractivity contribution in [2.45, 2.75) is 26.4 Å². The molecule has 1 aromatic carbocycles. The first-order valence-electron chi connectivity index (χ1n) is 6.90. The van der Waals surface area contributed by atoms with E-state index in [4.69, 9.17) is 9.47 Å². The van der Waals surface area contributed by atoms with Gasteiger partial charge < -0.3 is 14.8 Å². The highest BCUT2D eigenvalue weighted by molar-refractivity contribution is 5.30. The molecule has 0 spiro atoms. The maximum absolute atomic E-state index is 5.89. The van der Waals surface area contributed by atoms with Crippen LogP contribution >= 0.6 is 0 Å². The second-order valence-corrected chi connectivity index (χ2v) is 4.65. The van der Waals surface area contributed by atoms with Crippen LogP contribution in [-0.4, -0.2) is 26.3 Å². The van der Waals surface area contributed by atoms with E-state index in [0.717, 1.165) is 31.9 Å². The molecule has 1 aromatic rings. The Morgan fingerprint density at radius 2 is 2.28 bits per heavy atom. The molecule has 1 aliphatic heterocycles. The quantitative estimate of drug-likeness (QED) is 0.841. The topological polar surface area (TPSA) is 30.5 Å². The summed E-state index contributed by atoms with van der Waals surface area (Å²) in [7, 11) is 0. The van der Waals surface area contributed by atoms with Crippen molar-refractivity contribution in [1.29, 1.82) is 0 Å². The molecule has 2 atom stereocenters. The van der Waals surface area contributed by atoms with Crippen LogP contribution in [-0.2, 0) is 4.74 Å². The van der Waals surface area contributed by atoms with Crippen LogP contribution in [0, 0.1) is 5.92 Å². The monoisotopic (exact) mass is 249 g/mol. The van der Waals surface area contributed by atoms with Crippen molar-refractivity contribution in [2.24, 2.45) is 5.92 Å². The largest absolute Gasteiger partial charge is 0.494 e. The van der Waals surface area contributed by atoms with Gasteiger partial charge in [0.05, 0.1) is 12.7 Å². The van der Waals surface area contributed by atoms with Gasteiger partial charge >= 0.3 is 0 Å². The summed E-state index contributed by atoms with van der Waals surface area (Å²) in [6, 6.07) is 8.30. The van der Waals surface area contributed by atoms with Crippen LogP contribution in [0.15, 0.2) is 24.3 Å². The van der Waals surface area contributed by atoms with Gasteiger partial charge in [-0.25, -0.2) is 0 Å². The lowest BCUT2D eigenvalue weighted by molar-refractivity contribution is 0.0904. The Kier molecular flexibility index (Phi) is 5.02. The van der Waals surface area contributed by atoms with Gasteiger partial charge in [-0.2, -0.15) is 0 Å². The van der Waals surface area contributed by atoms with E-state index in [1.807, 2.05) is 19.1 Å². The summed E-state index contributed by atoms with van der Waals surface area (Å²) in [5.74, 6) is 1.51. The molecule has 3 heteroatoms. The summed E-state index contributed by atoms with van der Waals surface area (Å²) in [6.07, 6.45) is 1.35. The Hall–Kier alpha value is -1.06. The van der Waals surface area contributed by atoms with Gasteiger partial charge in [0.25, 0.3) is 0 Å². The summed E-state index contributed by atoms with van der Waals surface area (Å²) in [5, 5.41) is 3.42. The second kappa shape index (κ2) is 6.76. The molecule has 100 valence electrons. The average molecular weight is 249 g/mol. The van der Waals surface area contributed by atoms with E-state index >= 15 is 0 Å². The van der Waals surface area contributed by atoms with E-state index in [1.54, 1.807) is 0 Å². The minimum absolute atomic E-state index is 0.212. The molecule has 18 heavy (non-hydrogen) atoms. The molecule has 1 saturated heterocycles. The lowest BCUT2D eigenvalue weighted by atomic mass is 9.95. The number of nitrogens with one attached hydrogen (secondary N) is 1. The Bertz CT molecular complexity index is 367. The Labute approximate surface area is 109 Å². The molecular formula is C15H23NO2. The van der Waals surface area contributed by atoms with Crippen molar-refractivity contribution in [3.05, 3.63) is 29.8 Å². The molecule has 1 N–H and O–H groups in total. The smallest absolute Gasteiger partial charge is 0.119 e. The Balaban J connectivity index is 2.06. The van der Waals surface area contributed by atoms with E-state index in [9.17, 15) is 0 Å². The molecule has 0 aliphatic carbocycles. The van der Waals surface area contributed by atoms with E-state index in [1.165, 1.54) is 5.56 Å². The van der Waals surface area contributed by atoms with Crippen LogP contribution in [0.1, 0.15) is 31.9 Å². The molecule has 0 radical (unpaired) electrons. The van der Waals surface area contributed by atoms with Gasteiger partial charge in [-0.15, -0.1) is 0 Å². The predicted molar refractivity (Wildman–Crippen MR) is 73.0 cm³/mol. The molecule has 1 heterocycles. The van der Waals surface area contributed by atoms with Crippen molar-refractivity contribution in [3.63, 3.8) is 0 Å². The van der Waals surface area contributed by atoms with Gasteiger partial charge in [-0.1, -0.05) is 19.1 Å². The number of ether oxygens (including phenoxy) is 2. The van der Waals surface area contributed by atoms with Gasteiger partial charge in [0.15, 0.2) is 0 Å². The average Bonchev–Trinajstić information content (AvgIpc) is 2.85. The fourth-order valence-electron chi connectivity index (χ4n) is 2.49. The maximum atomic E-state index is 5.89. The molecule has 0 bridgehead atoms. The molecule has 1 fully saturated rings. The normalized spacial score (nSPS) is 23.2. The van der Waals surface area contributed by atoms with Crippen molar-refractivity contribution in [2.75, 3.05) is 26.3 Å². The van der Waals surface area contributed by atoms with E-state index in [2.05, 4.69) is 24.4 Å². The predicted octanol–water partition coefficient (Wildman–Crippen LogP) is 2.77. The molecule has 0 saturated carbocycles. The first-order valence-corrected chi connectivity index (χ1v) is 6.90. The number of rotatable bonds is 6. The standard InChI is InChI=1S/C15H23NO2/c1-3-16-11-13-8-9-18-15(13)12-6-5-7-14(10-12)17-4-2/h5-7,10,13,15-16H,3-4,8-9,11H2,1-2H3. The lowest BCUT2D eigenvalue weighted by Gasteiger charge is -2.19. The van der Waals surface area contributed by atoms with E-state index in [0.29, 0.717) is 12.5 Å². The van der Waals surface area contributed by atoms with Crippen molar-refractivity contribution in [3.8, 4) is 5.75 Å². The van der Waals surface area contributed by atoms with Crippen LogP contribution < -0.4 is 10.1 Å². The van der Waals surface area contributed by atoms with Crippen molar-refractivity contribution >= 4 is 0 Å². The minimum Gasteiger partial charge on any atom is -0.494 e. The Morgan fingerprint density at radius 1 is 1.39 bits per heavy atom. The third kappa shape index (κ3) is 3.24. The van der Waals surface area contributed by atoms with Crippen LogP contribution in [0.5, 0.6) is 5.75 Å². The van der Waals surface area contributed by atoms with Crippen LogP contribution in [0.3, 0.4) is 0 Å². The van der Waals surface area contributed by atoms with Gasteiger partial charge in [0.2, 0.25) is 0 Å². The lowest BCUT2D eigenvalue weighted by Crippen LogP contribution is -2.24. The molecular weight excluding hydrogens is 226 g/mol. The third-order valence-electron chi connectivity index (χ3n) is 3.37. The highest BCUT2D eigenvalue weighted by Crippen LogP contribution is 2.35. The van der Waals surface area contributed by atoms with Crippen molar-refractivity contribution in [1.82, 2.24) is 5.32 Å². The van der Waals surface area contributed by atoms with Gasteiger partial charge in [0.1, 0.15) is 5.75 Å². The molecule has 0 aromatic heterocycles. The highest BCUT2D eigenvalue weighted by Gasteiger charge is 2.29. The first kappa shape index (κ1) is 13.4. The fourth-order valence-corrected chi connectivity index (χ4v) is 2.49. The van der Waals surface area contributed by atoms with Gasteiger partial charge in [-0.3, -0.25) is 0 Å². The Morgan fingerprint density at radius 3 is 3.06 bits per heavy atom. The summed E-state index contributed by atoms with van der Waals surface area (Å²) in [5.41, 5.74) is 1.24. The highest BCUT2D eigenvalue weighted by atomic mass is 16.5. The summed E-state index contributed by atoms with van der Waals surface area (Å²) < 4.78 is 11.4.